The van der Waals surface area contributed by atoms with E-state index < -0.39 is 11.6 Å². The van der Waals surface area contributed by atoms with Crippen LogP contribution in [0.2, 0.25) is 0 Å². The molecule has 0 aromatic heterocycles. The first kappa shape index (κ1) is 18.4. The van der Waals surface area contributed by atoms with E-state index in [0.717, 1.165) is 50.5 Å². The lowest BCUT2D eigenvalue weighted by Crippen LogP contribution is -2.40. The molecule has 30 heavy (non-hydrogen) atoms. The van der Waals surface area contributed by atoms with Crippen molar-refractivity contribution in [1.82, 2.24) is 0 Å². The molecule has 6 rings (SSSR count). The topological polar surface area (TPSA) is 37.3 Å². The van der Waals surface area contributed by atoms with E-state index in [2.05, 4.69) is 18.2 Å². The smallest absolute Gasteiger partial charge is 0.173 e. The van der Waals surface area contributed by atoms with Crippen molar-refractivity contribution in [1.29, 1.82) is 0 Å². The monoisotopic (exact) mass is 402 g/mol. The van der Waals surface area contributed by atoms with Crippen molar-refractivity contribution in [3.8, 4) is 5.75 Å². The summed E-state index contributed by atoms with van der Waals surface area (Å²) in [5.74, 6) is 0.138. The number of halogens is 1. The van der Waals surface area contributed by atoms with Crippen LogP contribution in [0.1, 0.15) is 54.9 Å². The lowest BCUT2D eigenvalue weighted by atomic mass is 9.59. The molecule has 4 aliphatic rings. The van der Waals surface area contributed by atoms with E-state index in [1.807, 2.05) is 31.2 Å². The molecule has 0 bridgehead atoms. The van der Waals surface area contributed by atoms with Gasteiger partial charge in [-0.1, -0.05) is 42.8 Å². The molecule has 1 spiro atoms. The summed E-state index contributed by atoms with van der Waals surface area (Å²) in [6.45, 7) is 2.02. The summed E-state index contributed by atoms with van der Waals surface area (Å²) in [6, 6.07) is 14.5. The highest BCUT2D eigenvalue weighted by molar-refractivity contribution is 5.97. The van der Waals surface area contributed by atoms with E-state index in [0.29, 0.717) is 5.75 Å². The Hall–Kier alpha value is -2.42. The molecule has 2 saturated carbocycles. The number of allylic oxidation sites excluding steroid dienone is 2. The second kappa shape index (κ2) is 6.06. The molecule has 2 aromatic carbocycles. The highest BCUT2D eigenvalue weighted by Gasteiger charge is 2.79. The van der Waals surface area contributed by atoms with Gasteiger partial charge in [0.05, 0.1) is 0 Å². The van der Waals surface area contributed by atoms with Crippen molar-refractivity contribution in [2.75, 3.05) is 0 Å². The molecule has 0 unspecified atom stereocenters. The van der Waals surface area contributed by atoms with E-state index in [9.17, 15) is 14.3 Å². The minimum atomic E-state index is -1.27. The van der Waals surface area contributed by atoms with E-state index in [1.165, 1.54) is 27.8 Å². The van der Waals surface area contributed by atoms with Crippen molar-refractivity contribution in [2.24, 2.45) is 16.7 Å². The van der Waals surface area contributed by atoms with E-state index in [-0.39, 0.29) is 17.1 Å². The van der Waals surface area contributed by atoms with E-state index >= 15 is 0 Å². The summed E-state index contributed by atoms with van der Waals surface area (Å²) in [7, 11) is 0. The van der Waals surface area contributed by atoms with Gasteiger partial charge in [0.25, 0.3) is 0 Å². The maximum Gasteiger partial charge on any atom is 0.173 e. The lowest BCUT2D eigenvalue weighted by molar-refractivity contribution is -0.132. The van der Waals surface area contributed by atoms with Crippen LogP contribution >= 0.6 is 0 Å². The van der Waals surface area contributed by atoms with Crippen molar-refractivity contribution in [2.45, 2.75) is 58.0 Å². The predicted molar refractivity (Wildman–Crippen MR) is 115 cm³/mol. The maximum absolute atomic E-state index is 14.7. The normalized spacial score (nSPS) is 33.6. The van der Waals surface area contributed by atoms with Crippen LogP contribution in [0.15, 0.2) is 48.0 Å². The number of phenols is 1. The third-order valence-corrected chi connectivity index (χ3v) is 8.72. The molecule has 0 amide bonds. The quantitative estimate of drug-likeness (QED) is 0.725. The summed E-state index contributed by atoms with van der Waals surface area (Å²) in [4.78, 5) is 12.7. The number of Topliss-reactive ketones (excluding diaryl/α,β-unsaturated/α-hetero) is 1. The van der Waals surface area contributed by atoms with Gasteiger partial charge in [0, 0.05) is 16.7 Å². The fourth-order valence-electron chi connectivity index (χ4n) is 7.02. The molecular formula is C27H27FO2. The van der Waals surface area contributed by atoms with E-state index in [1.54, 1.807) is 0 Å². The average molecular weight is 403 g/mol. The SMILES string of the molecule is C[C@]12CCC3=C(CCc4cc(O)c(CCc5ccccc5)cc43)[C@@]13C[C@H]3[C@@H](F)C2=O. The van der Waals surface area contributed by atoms with Crippen LogP contribution in [0, 0.1) is 16.7 Å². The van der Waals surface area contributed by atoms with Crippen molar-refractivity contribution < 1.29 is 14.3 Å². The van der Waals surface area contributed by atoms with Crippen molar-refractivity contribution in [3.63, 3.8) is 0 Å². The third-order valence-electron chi connectivity index (χ3n) is 8.72. The first-order chi connectivity index (χ1) is 14.5. The van der Waals surface area contributed by atoms with Gasteiger partial charge >= 0.3 is 0 Å². The van der Waals surface area contributed by atoms with Gasteiger partial charge < -0.3 is 5.11 Å². The number of alkyl halides is 1. The third kappa shape index (κ3) is 2.21. The molecule has 4 aliphatic carbocycles. The van der Waals surface area contributed by atoms with Crippen molar-refractivity contribution in [3.05, 3.63) is 70.3 Å². The highest BCUT2D eigenvalue weighted by atomic mass is 19.1. The molecule has 0 saturated heterocycles. The van der Waals surface area contributed by atoms with Crippen LogP contribution in [0.3, 0.4) is 0 Å². The highest BCUT2D eigenvalue weighted by Crippen LogP contribution is 2.79. The number of fused-ring (bicyclic) bond motifs is 2. The van der Waals surface area contributed by atoms with Gasteiger partial charge in [-0.3, -0.25) is 4.79 Å². The van der Waals surface area contributed by atoms with Crippen LogP contribution in [-0.4, -0.2) is 17.1 Å². The molecule has 4 atom stereocenters. The number of aromatic hydroxyl groups is 1. The number of rotatable bonds is 3. The minimum Gasteiger partial charge on any atom is -0.508 e. The van der Waals surface area contributed by atoms with E-state index in [4.69, 9.17) is 0 Å². The molecule has 2 nitrogen and oxygen atoms in total. The molecule has 0 heterocycles. The summed E-state index contributed by atoms with van der Waals surface area (Å²) in [5, 5.41) is 10.6. The van der Waals surface area contributed by atoms with Crippen LogP contribution < -0.4 is 0 Å². The van der Waals surface area contributed by atoms with Gasteiger partial charge in [0.2, 0.25) is 0 Å². The summed E-state index contributed by atoms with van der Waals surface area (Å²) < 4.78 is 14.7. The van der Waals surface area contributed by atoms with Crippen LogP contribution in [-0.2, 0) is 24.1 Å². The molecule has 0 aliphatic heterocycles. The molecule has 154 valence electrons. The second-order valence-corrected chi connectivity index (χ2v) is 9.96. The Bertz CT molecular complexity index is 1100. The van der Waals surface area contributed by atoms with Gasteiger partial charge in [0.15, 0.2) is 12.0 Å². The molecule has 0 radical (unpaired) electrons. The summed E-state index contributed by atoms with van der Waals surface area (Å²) >= 11 is 0. The standard InChI is InChI=1S/C27H27FO2/c1-26-12-11-19-20-13-18(8-7-16-5-3-2-4-6-16)23(29)14-17(20)9-10-21(19)27(26)15-22(27)24(28)25(26)30/h2-6,13-14,22,24,29H,7-12,15H2,1H3/t22-,24+,26+,27+/m0/s1. The number of hydrogen-bond donors (Lipinski definition) is 1. The molecule has 3 heteroatoms. The minimum absolute atomic E-state index is 0.100. The largest absolute Gasteiger partial charge is 0.508 e. The fourth-order valence-corrected chi connectivity index (χ4v) is 7.02. The Morgan fingerprint density at radius 2 is 1.90 bits per heavy atom. The number of benzene rings is 2. The Kier molecular flexibility index (Phi) is 3.71. The molecule has 1 N–H and O–H groups in total. The summed E-state index contributed by atoms with van der Waals surface area (Å²) in [6.07, 6.45) is 4.61. The van der Waals surface area contributed by atoms with Crippen LogP contribution in [0.25, 0.3) is 5.57 Å². The fraction of sp³-hybridized carbons (Fsp3) is 0.444. The molecular weight excluding hydrogens is 375 g/mol. The number of phenolic OH excluding ortho intramolecular Hbond substituents is 1. The number of carbonyl (C=O) groups is 1. The van der Waals surface area contributed by atoms with Gasteiger partial charge in [-0.15, -0.1) is 0 Å². The second-order valence-electron chi connectivity index (χ2n) is 9.96. The zero-order valence-corrected chi connectivity index (χ0v) is 17.4. The summed E-state index contributed by atoms with van der Waals surface area (Å²) in [5.41, 5.74) is 6.66. The predicted octanol–water partition coefficient (Wildman–Crippen LogP) is 5.60. The van der Waals surface area contributed by atoms with Crippen LogP contribution in [0.5, 0.6) is 5.75 Å². The maximum atomic E-state index is 14.7. The molecule has 2 aromatic rings. The zero-order chi connectivity index (χ0) is 20.7. The lowest BCUT2D eigenvalue weighted by Gasteiger charge is -2.43. The first-order valence-corrected chi connectivity index (χ1v) is 11.3. The number of ketones is 1. The Balaban J connectivity index is 1.39. The Morgan fingerprint density at radius 1 is 1.10 bits per heavy atom. The first-order valence-electron chi connectivity index (χ1n) is 11.3. The van der Waals surface area contributed by atoms with Gasteiger partial charge in [-0.25, -0.2) is 4.39 Å². The Morgan fingerprint density at radius 3 is 2.70 bits per heavy atom. The van der Waals surface area contributed by atoms with Gasteiger partial charge in [-0.2, -0.15) is 0 Å². The average Bonchev–Trinajstić information content (AvgIpc) is 3.48. The van der Waals surface area contributed by atoms with Crippen molar-refractivity contribution >= 4 is 11.4 Å². The van der Waals surface area contributed by atoms with Gasteiger partial charge in [-0.05, 0) is 84.9 Å². The van der Waals surface area contributed by atoms with Crippen LogP contribution in [0.4, 0.5) is 4.39 Å². The number of hydrogen-bond acceptors (Lipinski definition) is 2. The number of carbonyl (C=O) groups excluding carboxylic acids is 1. The number of aryl methyl sites for hydroxylation is 3. The van der Waals surface area contributed by atoms with Gasteiger partial charge in [0.1, 0.15) is 5.75 Å². The molecule has 2 fully saturated rings. The Labute approximate surface area is 176 Å². The zero-order valence-electron chi connectivity index (χ0n) is 17.4.